The first-order valence-corrected chi connectivity index (χ1v) is 7.73. The van der Waals surface area contributed by atoms with Gasteiger partial charge in [-0.25, -0.2) is 0 Å². The second-order valence-electron chi connectivity index (χ2n) is 6.23. The van der Waals surface area contributed by atoms with Crippen LogP contribution in [0.1, 0.15) is 44.2 Å². The van der Waals surface area contributed by atoms with Crippen LogP contribution in [0.15, 0.2) is 42.5 Å². The van der Waals surface area contributed by atoms with Crippen molar-refractivity contribution in [2.24, 2.45) is 17.7 Å². The highest BCUT2D eigenvalue weighted by Crippen LogP contribution is 2.38. The van der Waals surface area contributed by atoms with E-state index in [0.717, 1.165) is 5.92 Å². The summed E-state index contributed by atoms with van der Waals surface area (Å²) >= 11 is 0. The third kappa shape index (κ3) is 2.58. The van der Waals surface area contributed by atoms with Gasteiger partial charge in [-0.1, -0.05) is 62.2 Å². The molecule has 0 radical (unpaired) electrons. The van der Waals surface area contributed by atoms with E-state index in [1.54, 1.807) is 0 Å². The quantitative estimate of drug-likeness (QED) is 0.647. The number of nitrogens with two attached hydrogens (primary N) is 1. The first kappa shape index (κ1) is 13.6. The van der Waals surface area contributed by atoms with Crippen molar-refractivity contribution in [3.63, 3.8) is 0 Å². The largest absolute Gasteiger partial charge is 0.271 e. The summed E-state index contributed by atoms with van der Waals surface area (Å²) in [5.41, 5.74) is 4.45. The lowest BCUT2D eigenvalue weighted by Gasteiger charge is -2.33. The average Bonchev–Trinajstić information content (AvgIpc) is 2.50. The van der Waals surface area contributed by atoms with Gasteiger partial charge in [0.15, 0.2) is 0 Å². The Bertz CT molecular complexity index is 565. The standard InChI is InChI=1S/C18H24N2/c1-13-9-11-15(12-10-13)18(20-19)17-8-4-6-14-5-2-3-7-16(14)17/h2-8,13,15,18,20H,9-12,19H2,1H3. The minimum atomic E-state index is 0.272. The number of nitrogens with one attached hydrogen (secondary N) is 1. The van der Waals surface area contributed by atoms with Gasteiger partial charge in [0.2, 0.25) is 0 Å². The van der Waals surface area contributed by atoms with E-state index in [4.69, 9.17) is 5.84 Å². The smallest absolute Gasteiger partial charge is 0.0494 e. The molecule has 0 aromatic heterocycles. The molecule has 106 valence electrons. The molecule has 1 saturated carbocycles. The maximum atomic E-state index is 5.91. The van der Waals surface area contributed by atoms with Gasteiger partial charge in [-0.2, -0.15) is 0 Å². The van der Waals surface area contributed by atoms with Crippen LogP contribution in [0.5, 0.6) is 0 Å². The van der Waals surface area contributed by atoms with Gasteiger partial charge in [-0.05, 0) is 41.0 Å². The molecule has 2 heteroatoms. The van der Waals surface area contributed by atoms with Crippen molar-refractivity contribution in [1.29, 1.82) is 0 Å². The van der Waals surface area contributed by atoms with Gasteiger partial charge in [0, 0.05) is 6.04 Å². The predicted molar refractivity (Wildman–Crippen MR) is 85.1 cm³/mol. The molecule has 2 nitrogen and oxygen atoms in total. The van der Waals surface area contributed by atoms with Gasteiger partial charge in [0.1, 0.15) is 0 Å². The van der Waals surface area contributed by atoms with Crippen LogP contribution < -0.4 is 11.3 Å². The third-order valence-electron chi connectivity index (χ3n) is 4.87. The van der Waals surface area contributed by atoms with E-state index in [2.05, 4.69) is 54.8 Å². The SMILES string of the molecule is CC1CCC(C(NN)c2cccc3ccccc23)CC1. The Morgan fingerprint density at radius 3 is 2.45 bits per heavy atom. The summed E-state index contributed by atoms with van der Waals surface area (Å²) in [5, 5.41) is 2.63. The van der Waals surface area contributed by atoms with Crippen molar-refractivity contribution in [2.75, 3.05) is 0 Å². The lowest BCUT2D eigenvalue weighted by molar-refractivity contribution is 0.233. The third-order valence-corrected chi connectivity index (χ3v) is 4.87. The number of hydrazine groups is 1. The van der Waals surface area contributed by atoms with Crippen molar-refractivity contribution < 1.29 is 0 Å². The number of hydrogen-bond donors (Lipinski definition) is 2. The number of hydrogen-bond acceptors (Lipinski definition) is 2. The van der Waals surface area contributed by atoms with Crippen LogP contribution >= 0.6 is 0 Å². The minimum absolute atomic E-state index is 0.272. The maximum Gasteiger partial charge on any atom is 0.0494 e. The topological polar surface area (TPSA) is 38.0 Å². The summed E-state index contributed by atoms with van der Waals surface area (Å²) in [6.07, 6.45) is 5.21. The van der Waals surface area contributed by atoms with E-state index in [0.29, 0.717) is 5.92 Å². The molecule has 20 heavy (non-hydrogen) atoms. The first-order chi connectivity index (χ1) is 9.79. The molecule has 1 atom stereocenters. The summed E-state index contributed by atoms with van der Waals surface area (Å²) in [6, 6.07) is 15.4. The van der Waals surface area contributed by atoms with Crippen molar-refractivity contribution in [2.45, 2.75) is 38.6 Å². The van der Waals surface area contributed by atoms with Crippen molar-refractivity contribution >= 4 is 10.8 Å². The van der Waals surface area contributed by atoms with E-state index in [1.165, 1.54) is 42.0 Å². The van der Waals surface area contributed by atoms with E-state index in [1.807, 2.05) is 0 Å². The first-order valence-electron chi connectivity index (χ1n) is 7.73. The molecule has 0 heterocycles. The van der Waals surface area contributed by atoms with E-state index >= 15 is 0 Å². The zero-order valence-electron chi connectivity index (χ0n) is 12.2. The van der Waals surface area contributed by atoms with Crippen molar-refractivity contribution in [3.8, 4) is 0 Å². The Morgan fingerprint density at radius 2 is 1.70 bits per heavy atom. The van der Waals surface area contributed by atoms with E-state index in [9.17, 15) is 0 Å². The summed E-state index contributed by atoms with van der Waals surface area (Å²) < 4.78 is 0. The Morgan fingerprint density at radius 1 is 1.00 bits per heavy atom. The van der Waals surface area contributed by atoms with Crippen LogP contribution in [0.4, 0.5) is 0 Å². The normalized spacial score (nSPS) is 24.7. The van der Waals surface area contributed by atoms with Crippen LogP contribution in [-0.2, 0) is 0 Å². The lowest BCUT2D eigenvalue weighted by atomic mass is 9.77. The Hall–Kier alpha value is -1.38. The van der Waals surface area contributed by atoms with Gasteiger partial charge >= 0.3 is 0 Å². The number of fused-ring (bicyclic) bond motifs is 1. The van der Waals surface area contributed by atoms with E-state index < -0.39 is 0 Å². The molecule has 1 aliphatic rings. The van der Waals surface area contributed by atoms with Gasteiger partial charge in [-0.3, -0.25) is 11.3 Å². The monoisotopic (exact) mass is 268 g/mol. The second-order valence-corrected chi connectivity index (χ2v) is 6.23. The Labute approximate surface area is 121 Å². The van der Waals surface area contributed by atoms with Gasteiger partial charge in [0.05, 0.1) is 0 Å². The molecule has 1 fully saturated rings. The van der Waals surface area contributed by atoms with Crippen LogP contribution in [-0.4, -0.2) is 0 Å². The number of benzene rings is 2. The highest BCUT2D eigenvalue weighted by molar-refractivity contribution is 5.86. The van der Waals surface area contributed by atoms with E-state index in [-0.39, 0.29) is 6.04 Å². The highest BCUT2D eigenvalue weighted by atomic mass is 15.2. The minimum Gasteiger partial charge on any atom is -0.271 e. The molecule has 2 aromatic rings. The molecule has 0 aliphatic heterocycles. The molecule has 1 aliphatic carbocycles. The molecular weight excluding hydrogens is 244 g/mol. The van der Waals surface area contributed by atoms with Crippen LogP contribution in [0.2, 0.25) is 0 Å². The summed E-state index contributed by atoms with van der Waals surface area (Å²) in [7, 11) is 0. The number of rotatable bonds is 3. The summed E-state index contributed by atoms with van der Waals surface area (Å²) in [6.45, 7) is 2.36. The van der Waals surface area contributed by atoms with Crippen LogP contribution in [0, 0.1) is 11.8 Å². The predicted octanol–water partition coefficient (Wildman–Crippen LogP) is 4.17. The molecule has 1 unspecified atom stereocenters. The van der Waals surface area contributed by atoms with Crippen molar-refractivity contribution in [3.05, 3.63) is 48.0 Å². The fraction of sp³-hybridized carbons (Fsp3) is 0.444. The van der Waals surface area contributed by atoms with Crippen LogP contribution in [0.25, 0.3) is 10.8 Å². The average molecular weight is 268 g/mol. The molecule has 0 saturated heterocycles. The molecule has 3 N–H and O–H groups in total. The molecule has 3 rings (SSSR count). The summed E-state index contributed by atoms with van der Waals surface area (Å²) in [5.74, 6) is 7.44. The fourth-order valence-electron chi connectivity index (χ4n) is 3.62. The molecule has 0 bridgehead atoms. The Balaban J connectivity index is 1.95. The van der Waals surface area contributed by atoms with Gasteiger partial charge < -0.3 is 0 Å². The maximum absolute atomic E-state index is 5.91. The van der Waals surface area contributed by atoms with Crippen molar-refractivity contribution in [1.82, 2.24) is 5.43 Å². The lowest BCUT2D eigenvalue weighted by Crippen LogP contribution is -2.35. The molecular formula is C18H24N2. The summed E-state index contributed by atoms with van der Waals surface area (Å²) in [4.78, 5) is 0. The highest BCUT2D eigenvalue weighted by Gasteiger charge is 2.27. The second kappa shape index (κ2) is 5.94. The van der Waals surface area contributed by atoms with Crippen LogP contribution in [0.3, 0.4) is 0 Å². The molecule has 0 amide bonds. The zero-order valence-corrected chi connectivity index (χ0v) is 12.2. The Kier molecular flexibility index (Phi) is 4.04. The zero-order chi connectivity index (χ0) is 13.9. The van der Waals surface area contributed by atoms with Gasteiger partial charge in [0.25, 0.3) is 0 Å². The fourth-order valence-corrected chi connectivity index (χ4v) is 3.62. The molecule has 2 aromatic carbocycles. The molecule has 0 spiro atoms. The van der Waals surface area contributed by atoms with Gasteiger partial charge in [-0.15, -0.1) is 0 Å².